The zero-order valence-electron chi connectivity index (χ0n) is 9.47. The number of furan rings is 1. The number of aryl methyl sites for hydroxylation is 1. The van der Waals surface area contributed by atoms with E-state index in [0.29, 0.717) is 6.04 Å². The Morgan fingerprint density at radius 2 is 2.50 bits per heavy atom. The van der Waals surface area contributed by atoms with Gasteiger partial charge in [0.2, 0.25) is 0 Å². The molecule has 0 saturated carbocycles. The fraction of sp³-hybridized carbons (Fsp3) is 0.417. The van der Waals surface area contributed by atoms with Crippen molar-refractivity contribution in [3.63, 3.8) is 0 Å². The zero-order chi connectivity index (χ0) is 11.2. The molecule has 1 atom stereocenters. The fourth-order valence-corrected chi connectivity index (χ4v) is 1.55. The highest BCUT2D eigenvalue weighted by atomic mass is 16.3. The molecule has 0 bridgehead atoms. The molecule has 2 aromatic heterocycles. The molecule has 0 spiro atoms. The third-order valence-electron chi connectivity index (χ3n) is 2.59. The van der Waals surface area contributed by atoms with Crippen molar-refractivity contribution in [2.75, 3.05) is 0 Å². The molecule has 0 aromatic carbocycles. The molecule has 0 fully saturated rings. The second-order valence-corrected chi connectivity index (χ2v) is 3.97. The monoisotopic (exact) mass is 219 g/mol. The summed E-state index contributed by atoms with van der Waals surface area (Å²) in [7, 11) is 0. The predicted octanol–water partition coefficient (Wildman–Crippen LogP) is 2.04. The van der Waals surface area contributed by atoms with Gasteiger partial charge in [-0.1, -0.05) is 0 Å². The van der Waals surface area contributed by atoms with E-state index in [0.717, 1.165) is 19.5 Å². The molecule has 86 valence electrons. The van der Waals surface area contributed by atoms with Gasteiger partial charge in [0.05, 0.1) is 12.5 Å². The van der Waals surface area contributed by atoms with Gasteiger partial charge in [-0.2, -0.15) is 5.10 Å². The summed E-state index contributed by atoms with van der Waals surface area (Å²) in [5.41, 5.74) is 1.19. The standard InChI is InChI=1S/C12H17N3O/c1-11(3-7-15-6-2-5-14-15)13-9-12-4-8-16-10-12/h2,4-6,8,10-11,13H,3,7,9H2,1H3. The maximum atomic E-state index is 5.01. The van der Waals surface area contributed by atoms with Gasteiger partial charge in [0.15, 0.2) is 0 Å². The predicted molar refractivity (Wildman–Crippen MR) is 61.9 cm³/mol. The first-order valence-corrected chi connectivity index (χ1v) is 5.56. The summed E-state index contributed by atoms with van der Waals surface area (Å²) in [5.74, 6) is 0. The van der Waals surface area contributed by atoms with Crippen molar-refractivity contribution in [3.8, 4) is 0 Å². The molecule has 2 aromatic rings. The number of hydrogen-bond donors (Lipinski definition) is 1. The Hall–Kier alpha value is -1.55. The first-order valence-electron chi connectivity index (χ1n) is 5.56. The number of nitrogens with zero attached hydrogens (tertiary/aromatic N) is 2. The lowest BCUT2D eigenvalue weighted by atomic mass is 10.2. The summed E-state index contributed by atoms with van der Waals surface area (Å²) in [4.78, 5) is 0. The van der Waals surface area contributed by atoms with Crippen LogP contribution in [0.2, 0.25) is 0 Å². The van der Waals surface area contributed by atoms with Crippen molar-refractivity contribution in [2.45, 2.75) is 32.5 Å². The van der Waals surface area contributed by atoms with Gasteiger partial charge < -0.3 is 9.73 Å². The van der Waals surface area contributed by atoms with E-state index in [1.807, 2.05) is 29.2 Å². The molecule has 0 amide bonds. The fourth-order valence-electron chi connectivity index (χ4n) is 1.55. The molecule has 0 radical (unpaired) electrons. The smallest absolute Gasteiger partial charge is 0.0947 e. The van der Waals surface area contributed by atoms with Crippen LogP contribution in [0.3, 0.4) is 0 Å². The summed E-state index contributed by atoms with van der Waals surface area (Å²) in [5, 5.41) is 7.62. The highest BCUT2D eigenvalue weighted by molar-refractivity contribution is 5.04. The first kappa shape index (κ1) is 11.0. The SMILES string of the molecule is CC(CCn1cccn1)NCc1ccoc1. The highest BCUT2D eigenvalue weighted by Crippen LogP contribution is 2.01. The van der Waals surface area contributed by atoms with Crippen molar-refractivity contribution < 1.29 is 4.42 Å². The Balaban J connectivity index is 1.66. The van der Waals surface area contributed by atoms with Crippen molar-refractivity contribution in [1.29, 1.82) is 0 Å². The molecule has 0 aliphatic heterocycles. The topological polar surface area (TPSA) is 43.0 Å². The Morgan fingerprint density at radius 3 is 3.19 bits per heavy atom. The lowest BCUT2D eigenvalue weighted by Crippen LogP contribution is -2.26. The molecule has 1 unspecified atom stereocenters. The summed E-state index contributed by atoms with van der Waals surface area (Å²) in [6, 6.07) is 4.40. The molecule has 0 aliphatic rings. The third-order valence-corrected chi connectivity index (χ3v) is 2.59. The van der Waals surface area contributed by atoms with Gasteiger partial charge in [0, 0.05) is 37.1 Å². The van der Waals surface area contributed by atoms with Gasteiger partial charge in [-0.3, -0.25) is 4.68 Å². The Kier molecular flexibility index (Phi) is 3.77. The van der Waals surface area contributed by atoms with Crippen molar-refractivity contribution in [2.24, 2.45) is 0 Å². The lowest BCUT2D eigenvalue weighted by Gasteiger charge is -2.12. The van der Waals surface area contributed by atoms with Crippen LogP contribution in [-0.2, 0) is 13.1 Å². The van der Waals surface area contributed by atoms with Crippen LogP contribution >= 0.6 is 0 Å². The van der Waals surface area contributed by atoms with E-state index in [9.17, 15) is 0 Å². The molecular weight excluding hydrogens is 202 g/mol. The summed E-state index contributed by atoms with van der Waals surface area (Å²) < 4.78 is 6.97. The van der Waals surface area contributed by atoms with E-state index in [1.165, 1.54) is 5.56 Å². The normalized spacial score (nSPS) is 12.8. The van der Waals surface area contributed by atoms with Gasteiger partial charge >= 0.3 is 0 Å². The zero-order valence-corrected chi connectivity index (χ0v) is 9.47. The molecular formula is C12H17N3O. The van der Waals surface area contributed by atoms with E-state index in [4.69, 9.17) is 4.42 Å². The van der Waals surface area contributed by atoms with Crippen LogP contribution in [0.15, 0.2) is 41.5 Å². The van der Waals surface area contributed by atoms with Crippen LogP contribution in [0.25, 0.3) is 0 Å². The number of nitrogens with one attached hydrogen (secondary N) is 1. The first-order chi connectivity index (χ1) is 7.84. The van der Waals surface area contributed by atoms with Gasteiger partial charge in [0.25, 0.3) is 0 Å². The molecule has 4 heteroatoms. The Morgan fingerprint density at radius 1 is 1.56 bits per heavy atom. The van der Waals surface area contributed by atoms with Crippen LogP contribution in [0.1, 0.15) is 18.9 Å². The lowest BCUT2D eigenvalue weighted by molar-refractivity contribution is 0.456. The molecule has 2 heterocycles. The van der Waals surface area contributed by atoms with Crippen LogP contribution in [0, 0.1) is 0 Å². The Bertz CT molecular complexity index is 342. The molecule has 0 saturated heterocycles. The third kappa shape index (κ3) is 3.24. The summed E-state index contributed by atoms with van der Waals surface area (Å²) in [6.45, 7) is 3.99. The number of aromatic nitrogens is 2. The van der Waals surface area contributed by atoms with Gasteiger partial charge in [-0.05, 0) is 25.5 Å². The average molecular weight is 219 g/mol. The molecule has 2 rings (SSSR count). The van der Waals surface area contributed by atoms with E-state index in [2.05, 4.69) is 17.3 Å². The van der Waals surface area contributed by atoms with E-state index in [-0.39, 0.29) is 0 Å². The minimum atomic E-state index is 0.471. The second kappa shape index (κ2) is 5.51. The van der Waals surface area contributed by atoms with E-state index in [1.54, 1.807) is 12.5 Å². The highest BCUT2D eigenvalue weighted by Gasteiger charge is 2.02. The number of rotatable bonds is 6. The minimum Gasteiger partial charge on any atom is -0.472 e. The Labute approximate surface area is 95.3 Å². The second-order valence-electron chi connectivity index (χ2n) is 3.97. The average Bonchev–Trinajstić information content (AvgIpc) is 2.96. The molecule has 1 N–H and O–H groups in total. The summed E-state index contributed by atoms with van der Waals surface area (Å²) >= 11 is 0. The summed E-state index contributed by atoms with van der Waals surface area (Å²) in [6.07, 6.45) is 8.34. The van der Waals surface area contributed by atoms with Gasteiger partial charge in [-0.15, -0.1) is 0 Å². The largest absolute Gasteiger partial charge is 0.472 e. The van der Waals surface area contributed by atoms with E-state index < -0.39 is 0 Å². The molecule has 4 nitrogen and oxygen atoms in total. The van der Waals surface area contributed by atoms with Crippen LogP contribution in [0.5, 0.6) is 0 Å². The van der Waals surface area contributed by atoms with E-state index >= 15 is 0 Å². The van der Waals surface area contributed by atoms with Crippen LogP contribution in [-0.4, -0.2) is 15.8 Å². The van der Waals surface area contributed by atoms with Crippen molar-refractivity contribution in [1.82, 2.24) is 15.1 Å². The maximum absolute atomic E-state index is 5.01. The van der Waals surface area contributed by atoms with Crippen molar-refractivity contribution in [3.05, 3.63) is 42.6 Å². The minimum absolute atomic E-state index is 0.471. The van der Waals surface area contributed by atoms with Crippen molar-refractivity contribution >= 4 is 0 Å². The number of hydrogen-bond acceptors (Lipinski definition) is 3. The maximum Gasteiger partial charge on any atom is 0.0947 e. The quantitative estimate of drug-likeness (QED) is 0.808. The van der Waals surface area contributed by atoms with Crippen LogP contribution < -0.4 is 5.32 Å². The van der Waals surface area contributed by atoms with Gasteiger partial charge in [0.1, 0.15) is 0 Å². The van der Waals surface area contributed by atoms with Gasteiger partial charge in [-0.25, -0.2) is 0 Å². The molecule has 0 aliphatic carbocycles. The molecule has 16 heavy (non-hydrogen) atoms. The van der Waals surface area contributed by atoms with Crippen LogP contribution in [0.4, 0.5) is 0 Å².